The van der Waals surface area contributed by atoms with E-state index < -0.39 is 12.2 Å². The average molecular weight is 523 g/mol. The van der Waals surface area contributed by atoms with Gasteiger partial charge < -0.3 is 20.0 Å². The normalized spacial score (nSPS) is 21.8. The second-order valence-corrected chi connectivity index (χ2v) is 10.4. The van der Waals surface area contributed by atoms with Crippen LogP contribution in [0.15, 0.2) is 121 Å². The third-order valence-corrected chi connectivity index (χ3v) is 7.87. The molecule has 0 radical (unpaired) electrons. The Morgan fingerprint density at radius 1 is 0.474 bits per heavy atom. The van der Waals surface area contributed by atoms with Gasteiger partial charge in [-0.05, 0) is 47.3 Å². The standard InChI is InChI=1S/C33H34N2O2S/c36-31-29(21-25-13-5-1-6-14-25)34(23-27-17-9-3-10-18-27)33(38)35(24-28-19-11-4-12-20-28)30(32(31)37)22-26-15-7-2-8-16-26/h1-20,29-32,36-37H,21-24H2/t29-,30?,31+,32+/m1/s1. The van der Waals surface area contributed by atoms with Gasteiger partial charge in [0.05, 0.1) is 12.1 Å². The molecule has 4 atom stereocenters. The molecule has 1 fully saturated rings. The third-order valence-electron chi connectivity index (χ3n) is 7.40. The van der Waals surface area contributed by atoms with Gasteiger partial charge in [0.25, 0.3) is 0 Å². The maximum Gasteiger partial charge on any atom is 0.172 e. The molecule has 194 valence electrons. The molecule has 0 aromatic heterocycles. The largest absolute Gasteiger partial charge is 0.388 e. The summed E-state index contributed by atoms with van der Waals surface area (Å²) in [5, 5.41) is 24.2. The van der Waals surface area contributed by atoms with E-state index in [0.717, 1.165) is 22.3 Å². The van der Waals surface area contributed by atoms with E-state index in [1.54, 1.807) is 0 Å². The first-order valence-corrected chi connectivity index (χ1v) is 13.6. The van der Waals surface area contributed by atoms with E-state index in [1.165, 1.54) is 0 Å². The highest BCUT2D eigenvalue weighted by atomic mass is 32.1. The van der Waals surface area contributed by atoms with Gasteiger partial charge in [-0.3, -0.25) is 0 Å². The van der Waals surface area contributed by atoms with Crippen molar-refractivity contribution >= 4 is 17.3 Å². The van der Waals surface area contributed by atoms with Crippen LogP contribution >= 0.6 is 12.2 Å². The van der Waals surface area contributed by atoms with Gasteiger partial charge in [0.1, 0.15) is 12.2 Å². The van der Waals surface area contributed by atoms with E-state index in [4.69, 9.17) is 12.2 Å². The van der Waals surface area contributed by atoms with Gasteiger partial charge >= 0.3 is 0 Å². The van der Waals surface area contributed by atoms with Crippen LogP contribution in [0.5, 0.6) is 0 Å². The number of hydrogen-bond acceptors (Lipinski definition) is 3. The van der Waals surface area contributed by atoms with Crippen molar-refractivity contribution in [1.82, 2.24) is 9.80 Å². The van der Waals surface area contributed by atoms with Crippen LogP contribution in [-0.4, -0.2) is 49.4 Å². The van der Waals surface area contributed by atoms with Crippen LogP contribution in [0.3, 0.4) is 0 Å². The second-order valence-electron chi connectivity index (χ2n) is 10.0. The molecule has 1 saturated heterocycles. The summed E-state index contributed by atoms with van der Waals surface area (Å²) in [7, 11) is 0. The summed E-state index contributed by atoms with van der Waals surface area (Å²) in [5.74, 6) is 0. The van der Waals surface area contributed by atoms with E-state index in [0.29, 0.717) is 31.0 Å². The van der Waals surface area contributed by atoms with Gasteiger partial charge in [0.2, 0.25) is 0 Å². The predicted octanol–water partition coefficient (Wildman–Crippen LogP) is 5.23. The first kappa shape index (κ1) is 26.1. The fraction of sp³-hybridized carbons (Fsp3) is 0.242. The Morgan fingerprint density at radius 2 is 0.763 bits per heavy atom. The van der Waals surface area contributed by atoms with E-state index >= 15 is 0 Å². The van der Waals surface area contributed by atoms with Crippen LogP contribution < -0.4 is 0 Å². The fourth-order valence-electron chi connectivity index (χ4n) is 5.38. The van der Waals surface area contributed by atoms with Gasteiger partial charge in [-0.2, -0.15) is 0 Å². The van der Waals surface area contributed by atoms with Crippen molar-refractivity contribution in [2.75, 3.05) is 0 Å². The molecule has 4 nitrogen and oxygen atoms in total. The summed E-state index contributed by atoms with van der Waals surface area (Å²) in [4.78, 5) is 4.25. The smallest absolute Gasteiger partial charge is 0.172 e. The van der Waals surface area contributed by atoms with E-state index in [9.17, 15) is 10.2 Å². The molecular formula is C33H34N2O2S. The van der Waals surface area contributed by atoms with E-state index in [1.807, 2.05) is 72.8 Å². The third kappa shape index (κ3) is 6.13. The Kier molecular flexibility index (Phi) is 8.49. The summed E-state index contributed by atoms with van der Waals surface area (Å²) in [6, 6.07) is 39.9. The number of aliphatic hydroxyl groups excluding tert-OH is 2. The van der Waals surface area contributed by atoms with Crippen molar-refractivity contribution in [3.05, 3.63) is 144 Å². The minimum Gasteiger partial charge on any atom is -0.388 e. The number of aliphatic hydroxyl groups is 2. The van der Waals surface area contributed by atoms with Crippen LogP contribution in [0.25, 0.3) is 0 Å². The van der Waals surface area contributed by atoms with Crippen LogP contribution in [0.4, 0.5) is 0 Å². The van der Waals surface area contributed by atoms with Gasteiger partial charge in [0.15, 0.2) is 5.11 Å². The molecule has 5 heteroatoms. The number of benzene rings is 4. The molecule has 1 aliphatic heterocycles. The SMILES string of the molecule is O[C@H]1[C@@H](Cc2ccccc2)N(Cc2ccccc2)C(=S)N(Cc2ccccc2)C(Cc2ccccc2)[C@@H]1O. The Bertz CT molecular complexity index is 1190. The van der Waals surface area contributed by atoms with Crippen molar-refractivity contribution in [3.63, 3.8) is 0 Å². The van der Waals surface area contributed by atoms with Crippen LogP contribution in [0.2, 0.25) is 0 Å². The summed E-state index contributed by atoms with van der Waals surface area (Å²) >= 11 is 6.26. The zero-order valence-corrected chi connectivity index (χ0v) is 22.2. The topological polar surface area (TPSA) is 46.9 Å². The number of nitrogens with zero attached hydrogens (tertiary/aromatic N) is 2. The Labute approximate surface area is 230 Å². The molecular weight excluding hydrogens is 488 g/mol. The Hall–Kier alpha value is -3.51. The van der Waals surface area contributed by atoms with Crippen molar-refractivity contribution in [1.29, 1.82) is 0 Å². The zero-order valence-electron chi connectivity index (χ0n) is 21.4. The van der Waals surface area contributed by atoms with Gasteiger partial charge in [0, 0.05) is 13.1 Å². The first-order valence-electron chi connectivity index (χ1n) is 13.2. The van der Waals surface area contributed by atoms with E-state index in [-0.39, 0.29) is 12.1 Å². The maximum atomic E-state index is 11.8. The van der Waals surface area contributed by atoms with Crippen molar-refractivity contribution in [2.45, 2.75) is 50.2 Å². The lowest BCUT2D eigenvalue weighted by Crippen LogP contribution is -2.50. The molecule has 2 N–H and O–H groups in total. The van der Waals surface area contributed by atoms with Crippen LogP contribution in [0.1, 0.15) is 22.3 Å². The molecule has 0 bridgehead atoms. The minimum atomic E-state index is -0.994. The number of rotatable bonds is 8. The first-order chi connectivity index (χ1) is 18.6. The monoisotopic (exact) mass is 522 g/mol. The van der Waals surface area contributed by atoms with Crippen molar-refractivity contribution in [2.24, 2.45) is 0 Å². The van der Waals surface area contributed by atoms with E-state index in [2.05, 4.69) is 58.3 Å². The summed E-state index contributed by atoms with van der Waals surface area (Å²) < 4.78 is 0. The molecule has 0 amide bonds. The zero-order chi connectivity index (χ0) is 26.3. The molecule has 1 heterocycles. The lowest BCUT2D eigenvalue weighted by Gasteiger charge is -2.38. The molecule has 1 unspecified atom stereocenters. The van der Waals surface area contributed by atoms with Gasteiger partial charge in [-0.25, -0.2) is 0 Å². The Morgan fingerprint density at radius 3 is 1.08 bits per heavy atom. The minimum absolute atomic E-state index is 0.390. The van der Waals surface area contributed by atoms with Crippen molar-refractivity contribution < 1.29 is 10.2 Å². The highest BCUT2D eigenvalue weighted by Gasteiger charge is 2.44. The molecule has 1 aliphatic rings. The van der Waals surface area contributed by atoms with Crippen LogP contribution in [-0.2, 0) is 25.9 Å². The second kappa shape index (κ2) is 12.4. The predicted molar refractivity (Wildman–Crippen MR) is 156 cm³/mol. The molecule has 4 aromatic rings. The van der Waals surface area contributed by atoms with Gasteiger partial charge in [-0.15, -0.1) is 0 Å². The quantitative estimate of drug-likeness (QED) is 0.310. The summed E-state index contributed by atoms with van der Waals surface area (Å²) in [6.45, 7) is 1.09. The lowest BCUT2D eigenvalue weighted by atomic mass is 9.91. The van der Waals surface area contributed by atoms with Crippen molar-refractivity contribution in [3.8, 4) is 0 Å². The molecule has 0 saturated carbocycles. The highest BCUT2D eigenvalue weighted by Crippen LogP contribution is 2.30. The summed E-state index contributed by atoms with van der Waals surface area (Å²) in [5.41, 5.74) is 4.41. The Balaban J connectivity index is 1.57. The molecule has 5 rings (SSSR count). The highest BCUT2D eigenvalue weighted by molar-refractivity contribution is 7.80. The number of thiocarbonyl (C=S) groups is 1. The molecule has 0 aliphatic carbocycles. The molecule has 38 heavy (non-hydrogen) atoms. The number of hydrogen-bond donors (Lipinski definition) is 2. The molecule has 4 aromatic carbocycles. The lowest BCUT2D eigenvalue weighted by molar-refractivity contribution is -0.0408. The maximum absolute atomic E-state index is 11.8. The average Bonchev–Trinajstić information content (AvgIpc) is 3.03. The van der Waals surface area contributed by atoms with Crippen LogP contribution in [0, 0.1) is 0 Å². The summed E-state index contributed by atoms with van der Waals surface area (Å²) in [6.07, 6.45) is -0.843. The fourth-order valence-corrected chi connectivity index (χ4v) is 5.78. The molecule has 0 spiro atoms. The van der Waals surface area contributed by atoms with Gasteiger partial charge in [-0.1, -0.05) is 121 Å².